The van der Waals surface area contributed by atoms with Gasteiger partial charge in [0.05, 0.1) is 12.4 Å². The van der Waals surface area contributed by atoms with Crippen LogP contribution < -0.4 is 16.6 Å². The number of benzene rings is 1. The van der Waals surface area contributed by atoms with E-state index in [9.17, 15) is 24.9 Å². The Morgan fingerprint density at radius 1 is 1.15 bits per heavy atom. The van der Waals surface area contributed by atoms with E-state index in [4.69, 9.17) is 0 Å². The molecule has 1 atom stereocenters. The smallest absolute Gasteiger partial charge is 0.332 e. The number of rotatable bonds is 6. The van der Waals surface area contributed by atoms with Crippen molar-refractivity contribution in [1.29, 1.82) is 0 Å². The number of hydrogen-bond acceptors (Lipinski definition) is 7. The van der Waals surface area contributed by atoms with E-state index in [0.29, 0.717) is 29.8 Å². The van der Waals surface area contributed by atoms with Gasteiger partial charge in [-0.3, -0.25) is 13.9 Å². The third kappa shape index (κ3) is 3.44. The summed E-state index contributed by atoms with van der Waals surface area (Å²) in [6.45, 7) is 1.07. The zero-order valence-corrected chi connectivity index (χ0v) is 15.0. The van der Waals surface area contributed by atoms with E-state index >= 15 is 0 Å². The lowest BCUT2D eigenvalue weighted by atomic mass is 10.1. The van der Waals surface area contributed by atoms with Crippen LogP contribution in [0, 0.1) is 0 Å². The highest BCUT2D eigenvalue weighted by molar-refractivity contribution is 5.69. The number of aliphatic hydroxyl groups is 1. The SMILES string of the molecule is Cn1c(=O)c2c(ncn2CCNCC(O)c2ccc(O)c(O)c2)n(C)c1=O. The van der Waals surface area contributed by atoms with Crippen molar-refractivity contribution in [3.63, 3.8) is 0 Å². The third-order valence-corrected chi connectivity index (χ3v) is 4.47. The molecule has 10 heteroatoms. The van der Waals surface area contributed by atoms with Crippen LogP contribution >= 0.6 is 0 Å². The third-order valence-electron chi connectivity index (χ3n) is 4.47. The lowest BCUT2D eigenvalue weighted by Crippen LogP contribution is -2.37. The lowest BCUT2D eigenvalue weighted by molar-refractivity contribution is 0.174. The molecule has 0 aliphatic carbocycles. The first-order valence-corrected chi connectivity index (χ1v) is 8.32. The molecule has 0 aliphatic rings. The highest BCUT2D eigenvalue weighted by Gasteiger charge is 2.14. The van der Waals surface area contributed by atoms with Gasteiger partial charge in [0.2, 0.25) is 0 Å². The Bertz CT molecular complexity index is 1100. The highest BCUT2D eigenvalue weighted by Crippen LogP contribution is 2.27. The van der Waals surface area contributed by atoms with E-state index in [0.717, 1.165) is 4.57 Å². The summed E-state index contributed by atoms with van der Waals surface area (Å²) in [6, 6.07) is 4.13. The molecule has 0 amide bonds. The largest absolute Gasteiger partial charge is 0.504 e. The van der Waals surface area contributed by atoms with Crippen molar-refractivity contribution in [2.75, 3.05) is 13.1 Å². The fraction of sp³-hybridized carbons (Fsp3) is 0.353. The molecular formula is C17H21N5O5. The van der Waals surface area contributed by atoms with Gasteiger partial charge in [-0.25, -0.2) is 9.78 Å². The minimum atomic E-state index is -0.871. The molecule has 0 saturated heterocycles. The molecule has 1 aromatic carbocycles. The molecule has 144 valence electrons. The van der Waals surface area contributed by atoms with Crippen molar-refractivity contribution in [1.82, 2.24) is 24.0 Å². The quantitative estimate of drug-likeness (QED) is 0.326. The number of phenols is 2. The Hall–Kier alpha value is -3.11. The van der Waals surface area contributed by atoms with Crippen LogP contribution in [0.3, 0.4) is 0 Å². The molecule has 0 aliphatic heterocycles. The second kappa shape index (κ2) is 7.25. The van der Waals surface area contributed by atoms with E-state index in [1.165, 1.54) is 36.1 Å². The monoisotopic (exact) mass is 375 g/mol. The molecule has 0 bridgehead atoms. The van der Waals surface area contributed by atoms with E-state index in [2.05, 4.69) is 10.3 Å². The van der Waals surface area contributed by atoms with Crippen molar-refractivity contribution in [2.45, 2.75) is 12.6 Å². The van der Waals surface area contributed by atoms with Gasteiger partial charge in [-0.15, -0.1) is 0 Å². The van der Waals surface area contributed by atoms with Crippen molar-refractivity contribution < 1.29 is 15.3 Å². The zero-order chi connectivity index (χ0) is 19.7. The topological polar surface area (TPSA) is 135 Å². The minimum Gasteiger partial charge on any atom is -0.504 e. The summed E-state index contributed by atoms with van der Waals surface area (Å²) in [6.07, 6.45) is 0.631. The van der Waals surface area contributed by atoms with Gasteiger partial charge in [0.15, 0.2) is 22.7 Å². The van der Waals surface area contributed by atoms with Crippen molar-refractivity contribution in [3.8, 4) is 11.5 Å². The fourth-order valence-corrected chi connectivity index (χ4v) is 2.87. The standard InChI is InChI=1S/C17H21N5O5/c1-20-15-14(16(26)21(2)17(20)27)22(9-19-15)6-5-18-8-13(25)10-3-4-11(23)12(24)7-10/h3-4,7,9,13,18,23-25H,5-6,8H2,1-2H3. The molecule has 2 heterocycles. The number of aryl methyl sites for hydroxylation is 1. The van der Waals surface area contributed by atoms with Crippen LogP contribution in [-0.2, 0) is 20.6 Å². The second-order valence-corrected chi connectivity index (χ2v) is 6.28. The Kier molecular flexibility index (Phi) is 5.02. The number of nitrogens with one attached hydrogen (secondary N) is 1. The molecule has 0 spiro atoms. The summed E-state index contributed by atoms with van der Waals surface area (Å²) < 4.78 is 4.01. The summed E-state index contributed by atoms with van der Waals surface area (Å²) in [5.74, 6) is -0.542. The summed E-state index contributed by atoms with van der Waals surface area (Å²) >= 11 is 0. The number of imidazole rings is 1. The van der Waals surface area contributed by atoms with Crippen LogP contribution in [0.2, 0.25) is 0 Å². The number of aliphatic hydroxyl groups excluding tert-OH is 1. The van der Waals surface area contributed by atoms with E-state index in [1.54, 1.807) is 11.6 Å². The molecule has 3 aromatic rings. The van der Waals surface area contributed by atoms with E-state index < -0.39 is 17.4 Å². The maximum absolute atomic E-state index is 12.4. The Morgan fingerprint density at radius 2 is 1.89 bits per heavy atom. The molecule has 0 fully saturated rings. The molecule has 27 heavy (non-hydrogen) atoms. The molecule has 4 N–H and O–H groups in total. The van der Waals surface area contributed by atoms with Gasteiger partial charge in [0.25, 0.3) is 5.56 Å². The van der Waals surface area contributed by atoms with E-state index in [1.807, 2.05) is 0 Å². The fourth-order valence-electron chi connectivity index (χ4n) is 2.87. The van der Waals surface area contributed by atoms with Crippen LogP contribution in [0.1, 0.15) is 11.7 Å². The molecule has 2 aromatic heterocycles. The summed E-state index contributed by atoms with van der Waals surface area (Å²) in [4.78, 5) is 28.4. The van der Waals surface area contributed by atoms with Crippen LogP contribution in [0.5, 0.6) is 11.5 Å². The van der Waals surface area contributed by atoms with Gasteiger partial charge in [-0.2, -0.15) is 0 Å². The maximum Gasteiger partial charge on any atom is 0.332 e. The molecule has 3 rings (SSSR count). The molecule has 1 unspecified atom stereocenters. The first-order valence-electron chi connectivity index (χ1n) is 8.32. The minimum absolute atomic E-state index is 0.216. The zero-order valence-electron chi connectivity index (χ0n) is 15.0. The normalized spacial score (nSPS) is 12.6. The van der Waals surface area contributed by atoms with Gasteiger partial charge in [0, 0.05) is 33.7 Å². The highest BCUT2D eigenvalue weighted by atomic mass is 16.3. The summed E-state index contributed by atoms with van der Waals surface area (Å²) in [7, 11) is 2.98. The van der Waals surface area contributed by atoms with Gasteiger partial charge in [0.1, 0.15) is 0 Å². The van der Waals surface area contributed by atoms with Crippen molar-refractivity contribution in [2.24, 2.45) is 14.1 Å². The lowest BCUT2D eigenvalue weighted by Gasteiger charge is -2.13. The molecular weight excluding hydrogens is 354 g/mol. The number of nitrogens with zero attached hydrogens (tertiary/aromatic N) is 4. The number of aromatic hydroxyl groups is 2. The Balaban J connectivity index is 1.67. The predicted molar refractivity (Wildman–Crippen MR) is 97.8 cm³/mol. The number of phenolic OH excluding ortho intramolecular Hbond substituents is 2. The van der Waals surface area contributed by atoms with Gasteiger partial charge in [-0.1, -0.05) is 6.07 Å². The molecule has 0 saturated carbocycles. The Morgan fingerprint density at radius 3 is 2.59 bits per heavy atom. The first kappa shape index (κ1) is 18.7. The number of fused-ring (bicyclic) bond motifs is 1. The van der Waals surface area contributed by atoms with E-state index in [-0.39, 0.29) is 18.0 Å². The van der Waals surface area contributed by atoms with Gasteiger partial charge >= 0.3 is 5.69 Å². The summed E-state index contributed by atoms with van der Waals surface area (Å²) in [5.41, 5.74) is 0.282. The van der Waals surface area contributed by atoms with Crippen LogP contribution in [-0.4, -0.2) is 47.1 Å². The van der Waals surface area contributed by atoms with Crippen LogP contribution in [0.4, 0.5) is 0 Å². The predicted octanol–water partition coefficient (Wildman–Crippen LogP) is -0.832. The van der Waals surface area contributed by atoms with Crippen molar-refractivity contribution in [3.05, 3.63) is 50.9 Å². The van der Waals surface area contributed by atoms with Gasteiger partial charge < -0.3 is 25.2 Å². The second-order valence-electron chi connectivity index (χ2n) is 6.28. The first-order chi connectivity index (χ1) is 12.8. The molecule has 10 nitrogen and oxygen atoms in total. The average Bonchev–Trinajstić information content (AvgIpc) is 3.08. The maximum atomic E-state index is 12.4. The average molecular weight is 375 g/mol. The molecule has 0 radical (unpaired) electrons. The summed E-state index contributed by atoms with van der Waals surface area (Å²) in [5, 5.41) is 32.0. The Labute approximate surface area is 153 Å². The van der Waals surface area contributed by atoms with Crippen LogP contribution in [0.25, 0.3) is 11.2 Å². The number of aromatic nitrogens is 4. The van der Waals surface area contributed by atoms with Gasteiger partial charge in [-0.05, 0) is 17.7 Å². The van der Waals surface area contributed by atoms with Crippen molar-refractivity contribution >= 4 is 11.2 Å². The number of hydrogen-bond donors (Lipinski definition) is 4. The van der Waals surface area contributed by atoms with Crippen LogP contribution in [0.15, 0.2) is 34.1 Å².